The second-order valence-corrected chi connectivity index (χ2v) is 7.86. The normalized spacial score (nSPS) is 10.8. The quantitative estimate of drug-likeness (QED) is 0.377. The summed E-state index contributed by atoms with van der Waals surface area (Å²) in [5, 5.41) is 16.8. The number of aromatic nitrogens is 4. The van der Waals surface area contributed by atoms with Gasteiger partial charge in [-0.15, -0.1) is 16.4 Å². The van der Waals surface area contributed by atoms with Crippen LogP contribution in [0.5, 0.6) is 17.2 Å². The highest BCUT2D eigenvalue weighted by molar-refractivity contribution is 7.21. The number of H-pyrrole nitrogens is 1. The summed E-state index contributed by atoms with van der Waals surface area (Å²) >= 11 is 1.31. The van der Waals surface area contributed by atoms with E-state index in [-0.39, 0.29) is 11.9 Å². The van der Waals surface area contributed by atoms with Crippen LogP contribution in [0.2, 0.25) is 0 Å². The Bertz CT molecular complexity index is 1380. The average Bonchev–Trinajstić information content (AvgIpc) is 3.47. The van der Waals surface area contributed by atoms with Crippen LogP contribution in [-0.4, -0.2) is 33.6 Å². The molecule has 0 aliphatic carbocycles. The molecule has 0 bridgehead atoms. The average molecular weight is 443 g/mol. The molecular formula is C23H17N5O3S. The van der Waals surface area contributed by atoms with E-state index in [1.165, 1.54) is 11.3 Å². The lowest BCUT2D eigenvalue weighted by Gasteiger charge is -2.10. The first-order valence-corrected chi connectivity index (χ1v) is 10.5. The number of carbonyl (C=O) groups excluding carboxylic acids is 1. The number of carbonyl (C=O) groups is 1. The number of anilines is 1. The van der Waals surface area contributed by atoms with Crippen LogP contribution < -0.4 is 14.8 Å². The van der Waals surface area contributed by atoms with Crippen molar-refractivity contribution in [1.29, 1.82) is 0 Å². The molecule has 0 fully saturated rings. The van der Waals surface area contributed by atoms with Gasteiger partial charge in [-0.2, -0.15) is 5.21 Å². The van der Waals surface area contributed by atoms with Crippen LogP contribution in [0, 0.1) is 0 Å². The number of aromatic amines is 1. The fourth-order valence-corrected chi connectivity index (χ4v) is 4.30. The Hall–Kier alpha value is -4.24. The Kier molecular flexibility index (Phi) is 5.22. The zero-order chi connectivity index (χ0) is 21.9. The van der Waals surface area contributed by atoms with Gasteiger partial charge in [0, 0.05) is 10.1 Å². The Morgan fingerprint density at radius 3 is 2.59 bits per heavy atom. The van der Waals surface area contributed by atoms with Crippen molar-refractivity contribution in [3.63, 3.8) is 0 Å². The molecule has 0 spiro atoms. The monoisotopic (exact) mass is 443 g/mol. The van der Waals surface area contributed by atoms with E-state index in [0.717, 1.165) is 21.2 Å². The maximum Gasteiger partial charge on any atom is 0.272 e. The number of hydrogen-bond acceptors (Lipinski definition) is 7. The van der Waals surface area contributed by atoms with Crippen LogP contribution >= 0.6 is 11.3 Å². The number of nitrogens with zero attached hydrogens (tertiary/aromatic N) is 3. The number of tetrazole rings is 1. The van der Waals surface area contributed by atoms with E-state index in [2.05, 4.69) is 25.9 Å². The van der Waals surface area contributed by atoms with Crippen molar-refractivity contribution in [2.24, 2.45) is 0 Å². The Labute approximate surface area is 186 Å². The van der Waals surface area contributed by atoms with Gasteiger partial charge in [0.25, 0.3) is 11.9 Å². The molecule has 0 atom stereocenters. The molecule has 2 heterocycles. The van der Waals surface area contributed by atoms with E-state index in [1.807, 2.05) is 72.8 Å². The number of rotatable bonds is 6. The summed E-state index contributed by atoms with van der Waals surface area (Å²) in [5.41, 5.74) is 2.09. The molecule has 3 aromatic carbocycles. The van der Waals surface area contributed by atoms with Crippen molar-refractivity contribution in [2.75, 3.05) is 12.4 Å². The standard InChI is InChI=1S/C23H17N5O3S/c1-30-16-10-11-19-18(13-16)20(21(32-19)22(29)24-23-25-27-28-26-23)31-17-9-5-8-15(12-17)14-6-3-2-4-7-14/h2-13H,1H3,(H2,24,25,26,27,28,29). The molecule has 5 aromatic rings. The zero-order valence-electron chi connectivity index (χ0n) is 16.9. The Morgan fingerprint density at radius 2 is 1.81 bits per heavy atom. The minimum absolute atomic E-state index is 0.0852. The van der Waals surface area contributed by atoms with Crippen molar-refractivity contribution in [3.05, 3.63) is 77.7 Å². The van der Waals surface area contributed by atoms with E-state index in [4.69, 9.17) is 9.47 Å². The van der Waals surface area contributed by atoms with E-state index >= 15 is 0 Å². The van der Waals surface area contributed by atoms with Crippen LogP contribution in [-0.2, 0) is 0 Å². The molecule has 0 saturated heterocycles. The molecule has 158 valence electrons. The molecule has 5 rings (SSSR count). The van der Waals surface area contributed by atoms with Crippen molar-refractivity contribution in [3.8, 4) is 28.4 Å². The highest BCUT2D eigenvalue weighted by Crippen LogP contribution is 2.42. The summed E-state index contributed by atoms with van der Waals surface area (Å²) in [5.74, 6) is 1.42. The van der Waals surface area contributed by atoms with Gasteiger partial charge < -0.3 is 9.47 Å². The number of nitrogens with one attached hydrogen (secondary N) is 2. The first kappa shape index (κ1) is 19.7. The third-order valence-electron chi connectivity index (χ3n) is 4.79. The second kappa shape index (κ2) is 8.48. The summed E-state index contributed by atoms with van der Waals surface area (Å²) < 4.78 is 12.6. The van der Waals surface area contributed by atoms with Crippen molar-refractivity contribution in [2.45, 2.75) is 0 Å². The molecular weight excluding hydrogens is 426 g/mol. The molecule has 1 amide bonds. The summed E-state index contributed by atoms with van der Waals surface area (Å²) in [6.45, 7) is 0. The highest BCUT2D eigenvalue weighted by Gasteiger charge is 2.22. The maximum atomic E-state index is 13.0. The molecule has 0 radical (unpaired) electrons. The molecule has 2 aromatic heterocycles. The van der Waals surface area contributed by atoms with Crippen LogP contribution in [0.4, 0.5) is 5.95 Å². The number of hydrogen-bond donors (Lipinski definition) is 2. The number of fused-ring (bicyclic) bond motifs is 1. The van der Waals surface area contributed by atoms with Gasteiger partial charge in [0.05, 0.1) is 7.11 Å². The summed E-state index contributed by atoms with van der Waals surface area (Å²) in [7, 11) is 1.60. The second-order valence-electron chi connectivity index (χ2n) is 6.81. The minimum Gasteiger partial charge on any atom is -0.497 e. The van der Waals surface area contributed by atoms with Gasteiger partial charge in [0.1, 0.15) is 16.4 Å². The lowest BCUT2D eigenvalue weighted by atomic mass is 10.1. The van der Waals surface area contributed by atoms with Crippen molar-refractivity contribution in [1.82, 2.24) is 20.6 Å². The molecule has 9 heteroatoms. The van der Waals surface area contributed by atoms with Crippen molar-refractivity contribution < 1.29 is 14.3 Å². The molecule has 0 aliphatic heterocycles. The van der Waals surface area contributed by atoms with E-state index in [9.17, 15) is 4.79 Å². The molecule has 32 heavy (non-hydrogen) atoms. The highest BCUT2D eigenvalue weighted by atomic mass is 32.1. The fourth-order valence-electron chi connectivity index (χ4n) is 3.29. The predicted octanol–water partition coefficient (Wildman–Crippen LogP) is 5.13. The fraction of sp³-hybridized carbons (Fsp3) is 0.0435. The topological polar surface area (TPSA) is 102 Å². The minimum atomic E-state index is -0.388. The predicted molar refractivity (Wildman–Crippen MR) is 122 cm³/mol. The summed E-state index contributed by atoms with van der Waals surface area (Å²) in [6, 6.07) is 23.4. The molecule has 0 unspecified atom stereocenters. The first-order valence-electron chi connectivity index (χ1n) is 9.70. The zero-order valence-corrected chi connectivity index (χ0v) is 17.7. The van der Waals surface area contributed by atoms with Gasteiger partial charge in [-0.1, -0.05) is 47.6 Å². The van der Waals surface area contributed by atoms with Gasteiger partial charge in [-0.25, -0.2) is 0 Å². The van der Waals surface area contributed by atoms with Gasteiger partial charge in [0.15, 0.2) is 5.75 Å². The Balaban J connectivity index is 1.56. The van der Waals surface area contributed by atoms with Gasteiger partial charge >= 0.3 is 0 Å². The molecule has 2 N–H and O–H groups in total. The summed E-state index contributed by atoms with van der Waals surface area (Å²) in [4.78, 5) is 13.4. The molecule has 8 nitrogen and oxygen atoms in total. The van der Waals surface area contributed by atoms with E-state index in [1.54, 1.807) is 7.11 Å². The van der Waals surface area contributed by atoms with Gasteiger partial charge in [0.2, 0.25) is 0 Å². The van der Waals surface area contributed by atoms with E-state index in [0.29, 0.717) is 22.1 Å². The van der Waals surface area contributed by atoms with Crippen LogP contribution in [0.1, 0.15) is 9.67 Å². The third kappa shape index (κ3) is 3.88. The lowest BCUT2D eigenvalue weighted by Crippen LogP contribution is -2.12. The van der Waals surface area contributed by atoms with Crippen LogP contribution in [0.15, 0.2) is 72.8 Å². The van der Waals surface area contributed by atoms with Crippen LogP contribution in [0.3, 0.4) is 0 Å². The lowest BCUT2D eigenvalue weighted by molar-refractivity contribution is 0.102. The van der Waals surface area contributed by atoms with E-state index < -0.39 is 0 Å². The first-order chi connectivity index (χ1) is 15.7. The van der Waals surface area contributed by atoms with Gasteiger partial charge in [-0.05, 0) is 46.7 Å². The van der Waals surface area contributed by atoms with Crippen LogP contribution in [0.25, 0.3) is 21.2 Å². The van der Waals surface area contributed by atoms with Gasteiger partial charge in [-0.3, -0.25) is 10.1 Å². The molecule has 0 aliphatic rings. The van der Waals surface area contributed by atoms with Crippen molar-refractivity contribution >= 4 is 33.3 Å². The number of thiophene rings is 1. The number of ether oxygens (including phenoxy) is 2. The number of amides is 1. The smallest absolute Gasteiger partial charge is 0.272 e. The maximum absolute atomic E-state index is 13.0. The number of methoxy groups -OCH3 is 1. The number of benzene rings is 3. The Morgan fingerprint density at radius 1 is 0.969 bits per heavy atom. The molecule has 0 saturated carbocycles. The summed E-state index contributed by atoms with van der Waals surface area (Å²) in [6.07, 6.45) is 0. The third-order valence-corrected chi connectivity index (χ3v) is 5.94. The largest absolute Gasteiger partial charge is 0.497 e. The SMILES string of the molecule is COc1ccc2sc(C(=O)Nc3nn[nH]n3)c(Oc3cccc(-c4ccccc4)c3)c2c1.